The van der Waals surface area contributed by atoms with Crippen molar-refractivity contribution in [1.82, 2.24) is 4.31 Å². The molecule has 0 radical (unpaired) electrons. The fourth-order valence-electron chi connectivity index (χ4n) is 3.84. The van der Waals surface area contributed by atoms with Gasteiger partial charge in [-0.25, -0.2) is 8.42 Å². The smallest absolute Gasteiger partial charge is 0.291 e. The highest BCUT2D eigenvalue weighted by atomic mass is 32.2. The van der Waals surface area contributed by atoms with Gasteiger partial charge in [0.25, 0.3) is 5.91 Å². The lowest BCUT2D eigenvalue weighted by atomic mass is 10.1. The summed E-state index contributed by atoms with van der Waals surface area (Å²) in [5, 5.41) is 3.06. The molecule has 1 saturated heterocycles. The van der Waals surface area contributed by atoms with Gasteiger partial charge in [-0.2, -0.15) is 4.31 Å². The van der Waals surface area contributed by atoms with Gasteiger partial charge in [-0.3, -0.25) is 9.59 Å². The quantitative estimate of drug-likeness (QED) is 0.663. The number of carbonyl (C=O) groups excluding carboxylic acids is 1. The Balaban J connectivity index is 1.55. The van der Waals surface area contributed by atoms with Gasteiger partial charge in [0.15, 0.2) is 11.2 Å². The Morgan fingerprint density at radius 2 is 1.84 bits per heavy atom. The standard InChI is InChI=1S/C23H24N2O5S/c1-15-6-11-19-20(26)14-22(30-21(19)13-15)23(27)24-17-7-9-18(10-8-17)31(28,29)25-12-4-3-5-16(25)2/h6-11,13-14,16H,3-5,12H2,1-2H3,(H,24,27)/t16-/m1/s1. The van der Waals surface area contributed by atoms with Gasteiger partial charge in [-0.05, 0) is 68.7 Å². The fraction of sp³-hybridized carbons (Fsp3) is 0.304. The zero-order valence-electron chi connectivity index (χ0n) is 17.4. The molecule has 162 valence electrons. The topological polar surface area (TPSA) is 96.7 Å². The van der Waals surface area contributed by atoms with Gasteiger partial charge in [0, 0.05) is 24.3 Å². The van der Waals surface area contributed by atoms with Crippen LogP contribution in [-0.2, 0) is 10.0 Å². The van der Waals surface area contributed by atoms with Crippen molar-refractivity contribution in [2.45, 2.75) is 44.0 Å². The molecule has 1 fully saturated rings. The number of amides is 1. The highest BCUT2D eigenvalue weighted by Crippen LogP contribution is 2.26. The van der Waals surface area contributed by atoms with Crippen LogP contribution in [0.2, 0.25) is 0 Å². The van der Waals surface area contributed by atoms with E-state index in [4.69, 9.17) is 4.42 Å². The van der Waals surface area contributed by atoms with Crippen LogP contribution in [0.25, 0.3) is 11.0 Å². The van der Waals surface area contributed by atoms with Crippen LogP contribution in [0.1, 0.15) is 42.3 Å². The summed E-state index contributed by atoms with van der Waals surface area (Å²) in [6, 6.07) is 12.3. The number of rotatable bonds is 4. The number of hydrogen-bond acceptors (Lipinski definition) is 5. The summed E-state index contributed by atoms with van der Waals surface area (Å²) in [7, 11) is -3.58. The molecular formula is C23H24N2O5S. The average molecular weight is 441 g/mol. The zero-order chi connectivity index (χ0) is 22.2. The third-order valence-corrected chi connectivity index (χ3v) is 7.60. The molecule has 2 aromatic carbocycles. The van der Waals surface area contributed by atoms with Crippen molar-refractivity contribution >= 4 is 32.6 Å². The molecule has 1 atom stereocenters. The Labute approximate surface area is 180 Å². The third kappa shape index (κ3) is 4.26. The minimum Gasteiger partial charge on any atom is -0.451 e. The number of nitrogens with one attached hydrogen (secondary N) is 1. The van der Waals surface area contributed by atoms with E-state index in [-0.39, 0.29) is 22.1 Å². The number of aryl methyl sites for hydroxylation is 1. The highest BCUT2D eigenvalue weighted by molar-refractivity contribution is 7.89. The monoisotopic (exact) mass is 440 g/mol. The van der Waals surface area contributed by atoms with Crippen molar-refractivity contribution in [3.05, 3.63) is 70.1 Å². The summed E-state index contributed by atoms with van der Waals surface area (Å²) in [6.45, 7) is 4.30. The minimum absolute atomic E-state index is 0.0300. The third-order valence-electron chi connectivity index (χ3n) is 5.57. The molecule has 1 aromatic heterocycles. The summed E-state index contributed by atoms with van der Waals surface area (Å²) < 4.78 is 33.0. The van der Waals surface area contributed by atoms with E-state index in [9.17, 15) is 18.0 Å². The lowest BCUT2D eigenvalue weighted by molar-refractivity contribution is 0.0997. The Morgan fingerprint density at radius 1 is 1.10 bits per heavy atom. The first-order valence-corrected chi connectivity index (χ1v) is 11.7. The normalized spacial score (nSPS) is 17.5. The number of sulfonamides is 1. The molecule has 2 heterocycles. The Bertz CT molecular complexity index is 1300. The van der Waals surface area contributed by atoms with E-state index < -0.39 is 15.9 Å². The number of hydrogen-bond donors (Lipinski definition) is 1. The predicted octanol–water partition coefficient (Wildman–Crippen LogP) is 3.92. The van der Waals surface area contributed by atoms with Crippen molar-refractivity contribution in [3.8, 4) is 0 Å². The SMILES string of the molecule is Cc1ccc2c(=O)cc(C(=O)Nc3ccc(S(=O)(=O)N4CCCC[C@H]4C)cc3)oc2c1. The lowest BCUT2D eigenvalue weighted by Crippen LogP contribution is -2.41. The number of fused-ring (bicyclic) bond motifs is 1. The summed E-state index contributed by atoms with van der Waals surface area (Å²) >= 11 is 0. The van der Waals surface area contributed by atoms with E-state index in [1.165, 1.54) is 28.6 Å². The van der Waals surface area contributed by atoms with Gasteiger partial charge in [-0.1, -0.05) is 12.5 Å². The molecule has 0 bridgehead atoms. The number of anilines is 1. The van der Waals surface area contributed by atoms with E-state index in [2.05, 4.69) is 5.32 Å². The van der Waals surface area contributed by atoms with Gasteiger partial charge in [0.05, 0.1) is 10.3 Å². The van der Waals surface area contributed by atoms with Crippen molar-refractivity contribution in [2.75, 3.05) is 11.9 Å². The molecule has 0 unspecified atom stereocenters. The first-order chi connectivity index (χ1) is 14.8. The lowest BCUT2D eigenvalue weighted by Gasteiger charge is -2.32. The van der Waals surface area contributed by atoms with Gasteiger partial charge in [0.1, 0.15) is 5.58 Å². The van der Waals surface area contributed by atoms with E-state index in [0.717, 1.165) is 30.9 Å². The molecule has 0 aliphatic carbocycles. The number of piperidine rings is 1. The first kappa shape index (κ1) is 21.3. The van der Waals surface area contributed by atoms with Gasteiger partial charge in [-0.15, -0.1) is 0 Å². The van der Waals surface area contributed by atoms with E-state index in [1.807, 2.05) is 13.8 Å². The first-order valence-electron chi connectivity index (χ1n) is 10.2. The molecule has 0 spiro atoms. The average Bonchev–Trinajstić information content (AvgIpc) is 2.74. The molecule has 31 heavy (non-hydrogen) atoms. The Hall–Kier alpha value is -2.97. The van der Waals surface area contributed by atoms with Crippen molar-refractivity contribution in [1.29, 1.82) is 0 Å². The van der Waals surface area contributed by atoms with Crippen LogP contribution in [-0.4, -0.2) is 31.2 Å². The molecule has 4 rings (SSSR count). The fourth-order valence-corrected chi connectivity index (χ4v) is 5.54. The van der Waals surface area contributed by atoms with Crippen molar-refractivity contribution in [3.63, 3.8) is 0 Å². The molecule has 0 saturated carbocycles. The molecular weight excluding hydrogens is 416 g/mol. The predicted molar refractivity (Wildman–Crippen MR) is 119 cm³/mol. The largest absolute Gasteiger partial charge is 0.451 e. The number of benzene rings is 2. The van der Waals surface area contributed by atoms with Crippen molar-refractivity contribution in [2.24, 2.45) is 0 Å². The molecule has 7 nitrogen and oxygen atoms in total. The van der Waals surface area contributed by atoms with Gasteiger partial charge < -0.3 is 9.73 Å². The van der Waals surface area contributed by atoms with Gasteiger partial charge >= 0.3 is 0 Å². The maximum absolute atomic E-state index is 12.9. The second kappa shape index (κ2) is 8.28. The van der Waals surface area contributed by atoms with Crippen LogP contribution < -0.4 is 10.7 Å². The van der Waals surface area contributed by atoms with E-state index in [1.54, 1.807) is 18.2 Å². The molecule has 3 aromatic rings. The summed E-state index contributed by atoms with van der Waals surface area (Å²) in [6.07, 6.45) is 2.74. The van der Waals surface area contributed by atoms with Crippen LogP contribution in [0.3, 0.4) is 0 Å². The number of nitrogens with zero attached hydrogens (tertiary/aromatic N) is 1. The Kier molecular flexibility index (Phi) is 5.68. The van der Waals surface area contributed by atoms with Crippen LogP contribution in [0, 0.1) is 6.92 Å². The zero-order valence-corrected chi connectivity index (χ0v) is 18.2. The van der Waals surface area contributed by atoms with E-state index >= 15 is 0 Å². The summed E-state index contributed by atoms with van der Waals surface area (Å²) in [4.78, 5) is 25.1. The maximum atomic E-state index is 12.9. The molecule has 1 aliphatic rings. The van der Waals surface area contributed by atoms with Crippen molar-refractivity contribution < 1.29 is 17.6 Å². The van der Waals surface area contributed by atoms with E-state index in [0.29, 0.717) is 23.2 Å². The summed E-state index contributed by atoms with van der Waals surface area (Å²) in [5.74, 6) is -0.692. The van der Waals surface area contributed by atoms with Crippen LogP contribution in [0.15, 0.2) is 62.6 Å². The summed E-state index contributed by atoms with van der Waals surface area (Å²) in [5.41, 5.74) is 1.36. The molecule has 1 aliphatic heterocycles. The molecule has 1 N–H and O–H groups in total. The van der Waals surface area contributed by atoms with Crippen LogP contribution in [0.4, 0.5) is 5.69 Å². The van der Waals surface area contributed by atoms with Crippen LogP contribution in [0.5, 0.6) is 0 Å². The molecule has 1 amide bonds. The molecule has 8 heteroatoms. The second-order valence-electron chi connectivity index (χ2n) is 7.91. The Morgan fingerprint density at radius 3 is 2.55 bits per heavy atom. The van der Waals surface area contributed by atoms with Gasteiger partial charge in [0.2, 0.25) is 10.0 Å². The van der Waals surface area contributed by atoms with Crippen LogP contribution >= 0.6 is 0 Å². The highest BCUT2D eigenvalue weighted by Gasteiger charge is 2.30. The maximum Gasteiger partial charge on any atom is 0.291 e. The number of carbonyl (C=O) groups is 1. The second-order valence-corrected chi connectivity index (χ2v) is 9.80. The minimum atomic E-state index is -3.58.